The third-order valence-corrected chi connectivity index (χ3v) is 4.68. The van der Waals surface area contributed by atoms with Gasteiger partial charge in [-0.05, 0) is 37.1 Å². The molecule has 0 bridgehead atoms. The SMILES string of the molecule is C=CC(=O)OCCCCCCCCCCOc1ccc(S(=O)(=O)[O-])cc1.[Na+]. The van der Waals surface area contributed by atoms with Crippen LogP contribution in [0.1, 0.15) is 51.4 Å². The summed E-state index contributed by atoms with van der Waals surface area (Å²) < 4.78 is 42.9. The normalized spacial score (nSPS) is 10.7. The Kier molecular flexibility index (Phi) is 14.6. The minimum absolute atomic E-state index is 0. The van der Waals surface area contributed by atoms with Gasteiger partial charge in [0.25, 0.3) is 0 Å². The molecule has 0 saturated carbocycles. The van der Waals surface area contributed by atoms with Crippen molar-refractivity contribution in [1.29, 1.82) is 0 Å². The Hall–Kier alpha value is -0.860. The van der Waals surface area contributed by atoms with Crippen LogP contribution in [0.15, 0.2) is 41.8 Å². The van der Waals surface area contributed by atoms with Gasteiger partial charge in [-0.15, -0.1) is 0 Å². The van der Waals surface area contributed by atoms with Crippen molar-refractivity contribution in [2.45, 2.75) is 56.3 Å². The van der Waals surface area contributed by atoms with Crippen molar-refractivity contribution >= 4 is 16.1 Å². The molecule has 0 N–H and O–H groups in total. The van der Waals surface area contributed by atoms with Crippen molar-refractivity contribution in [2.75, 3.05) is 13.2 Å². The van der Waals surface area contributed by atoms with E-state index in [2.05, 4.69) is 6.58 Å². The summed E-state index contributed by atoms with van der Waals surface area (Å²) in [5.41, 5.74) is 0. The summed E-state index contributed by atoms with van der Waals surface area (Å²) in [6.45, 7) is 4.37. The van der Waals surface area contributed by atoms with E-state index in [4.69, 9.17) is 9.47 Å². The second-order valence-corrected chi connectivity index (χ2v) is 7.35. The number of rotatable bonds is 14. The Bertz CT molecular complexity index is 643. The Morgan fingerprint density at radius 2 is 1.41 bits per heavy atom. The predicted molar refractivity (Wildman–Crippen MR) is 98.0 cm³/mol. The third kappa shape index (κ3) is 13.0. The van der Waals surface area contributed by atoms with Crippen LogP contribution in [-0.2, 0) is 19.6 Å². The molecule has 8 heteroatoms. The van der Waals surface area contributed by atoms with Crippen LogP contribution in [0.4, 0.5) is 0 Å². The fourth-order valence-corrected chi connectivity index (χ4v) is 2.86. The van der Waals surface area contributed by atoms with E-state index in [1.807, 2.05) is 0 Å². The summed E-state index contributed by atoms with van der Waals surface area (Å²) >= 11 is 0. The van der Waals surface area contributed by atoms with Crippen molar-refractivity contribution in [2.24, 2.45) is 0 Å². The molecule has 1 aromatic rings. The molecule has 0 amide bonds. The van der Waals surface area contributed by atoms with Gasteiger partial charge in [-0.2, -0.15) is 0 Å². The van der Waals surface area contributed by atoms with E-state index in [0.29, 0.717) is 19.0 Å². The van der Waals surface area contributed by atoms with Crippen LogP contribution in [0.2, 0.25) is 0 Å². The molecule has 1 aromatic carbocycles. The summed E-state index contributed by atoms with van der Waals surface area (Å²) in [5.74, 6) is 0.202. The van der Waals surface area contributed by atoms with E-state index < -0.39 is 10.1 Å². The molecule has 0 unspecified atom stereocenters. The van der Waals surface area contributed by atoms with E-state index in [9.17, 15) is 17.8 Å². The fourth-order valence-electron chi connectivity index (χ4n) is 2.39. The molecule has 0 saturated heterocycles. The van der Waals surface area contributed by atoms with E-state index in [-0.39, 0.29) is 40.4 Å². The second kappa shape index (κ2) is 15.1. The zero-order valence-electron chi connectivity index (χ0n) is 16.0. The van der Waals surface area contributed by atoms with E-state index >= 15 is 0 Å². The zero-order valence-corrected chi connectivity index (χ0v) is 18.8. The zero-order chi connectivity index (χ0) is 19.3. The minimum atomic E-state index is -4.40. The number of hydrogen-bond acceptors (Lipinski definition) is 6. The summed E-state index contributed by atoms with van der Waals surface area (Å²) in [6.07, 6.45) is 9.74. The van der Waals surface area contributed by atoms with Crippen LogP contribution < -0.4 is 34.3 Å². The van der Waals surface area contributed by atoms with Crippen LogP contribution in [0, 0.1) is 0 Å². The average Bonchev–Trinajstić information content (AvgIpc) is 2.62. The molecule has 146 valence electrons. The maximum absolute atomic E-state index is 10.8. The first-order valence-electron chi connectivity index (χ1n) is 8.91. The van der Waals surface area contributed by atoms with E-state index in [1.54, 1.807) is 0 Å². The topological polar surface area (TPSA) is 92.7 Å². The molecule has 0 heterocycles. The first-order valence-corrected chi connectivity index (χ1v) is 10.3. The first kappa shape index (κ1) is 26.1. The summed E-state index contributed by atoms with van der Waals surface area (Å²) in [7, 11) is -4.40. The Balaban J connectivity index is 0.00000676. The monoisotopic (exact) mass is 406 g/mol. The standard InChI is InChI=1S/C19H28O6S.Na/c1-2-19(20)25-16-10-8-6-4-3-5-7-9-15-24-17-11-13-18(14-12-17)26(21,22)23;/h2,11-14H,1,3-10,15-16H2,(H,21,22,23);/q;+1/p-1. The molecule has 0 aliphatic carbocycles. The molecular formula is C19H27NaO6S. The molecule has 27 heavy (non-hydrogen) atoms. The van der Waals surface area contributed by atoms with Gasteiger partial charge in [0.05, 0.1) is 18.1 Å². The van der Waals surface area contributed by atoms with Crippen LogP contribution in [0.3, 0.4) is 0 Å². The third-order valence-electron chi connectivity index (χ3n) is 3.83. The molecular weight excluding hydrogens is 379 g/mol. The number of ether oxygens (including phenoxy) is 2. The number of carbonyl (C=O) groups excluding carboxylic acids is 1. The van der Waals surface area contributed by atoms with Gasteiger partial charge < -0.3 is 14.0 Å². The molecule has 0 aliphatic rings. The van der Waals surface area contributed by atoms with Gasteiger partial charge in [-0.3, -0.25) is 0 Å². The van der Waals surface area contributed by atoms with Gasteiger partial charge in [-0.25, -0.2) is 13.2 Å². The Labute approximate surface area is 184 Å². The second-order valence-electron chi connectivity index (χ2n) is 5.97. The van der Waals surface area contributed by atoms with Crippen LogP contribution >= 0.6 is 0 Å². The number of hydrogen-bond donors (Lipinski definition) is 0. The van der Waals surface area contributed by atoms with Crippen molar-refractivity contribution < 1.29 is 56.8 Å². The van der Waals surface area contributed by atoms with Crippen LogP contribution in [0.5, 0.6) is 5.75 Å². The van der Waals surface area contributed by atoms with E-state index in [0.717, 1.165) is 38.5 Å². The molecule has 0 aliphatic heterocycles. The average molecular weight is 406 g/mol. The van der Waals surface area contributed by atoms with Gasteiger partial charge in [0.1, 0.15) is 15.9 Å². The van der Waals surface area contributed by atoms with Crippen molar-refractivity contribution in [3.63, 3.8) is 0 Å². The number of unbranched alkanes of at least 4 members (excludes halogenated alkanes) is 7. The largest absolute Gasteiger partial charge is 1.00 e. The molecule has 0 fully saturated rings. The van der Waals surface area contributed by atoms with Crippen LogP contribution in [-0.4, -0.2) is 32.2 Å². The summed E-state index contributed by atoms with van der Waals surface area (Å²) in [5, 5.41) is 0. The van der Waals surface area contributed by atoms with Gasteiger partial charge in [0.15, 0.2) is 0 Å². The summed E-state index contributed by atoms with van der Waals surface area (Å²) in [4.78, 5) is 10.6. The maximum atomic E-state index is 10.8. The first-order chi connectivity index (χ1) is 12.4. The van der Waals surface area contributed by atoms with Gasteiger partial charge in [0, 0.05) is 6.08 Å². The molecule has 1 rings (SSSR count). The minimum Gasteiger partial charge on any atom is -0.744 e. The molecule has 0 atom stereocenters. The van der Waals surface area contributed by atoms with Crippen molar-refractivity contribution in [1.82, 2.24) is 0 Å². The number of esters is 1. The van der Waals surface area contributed by atoms with Gasteiger partial charge >= 0.3 is 35.5 Å². The fraction of sp³-hybridized carbons (Fsp3) is 0.526. The van der Waals surface area contributed by atoms with Gasteiger partial charge in [0.2, 0.25) is 0 Å². The smallest absolute Gasteiger partial charge is 0.744 e. The van der Waals surface area contributed by atoms with E-state index in [1.165, 1.54) is 43.2 Å². The van der Waals surface area contributed by atoms with Gasteiger partial charge in [-0.1, -0.05) is 45.1 Å². The summed E-state index contributed by atoms with van der Waals surface area (Å²) in [6, 6.07) is 5.51. The quantitative estimate of drug-likeness (QED) is 0.149. The maximum Gasteiger partial charge on any atom is 1.00 e. The molecule has 0 aromatic heterocycles. The molecule has 0 radical (unpaired) electrons. The molecule has 0 spiro atoms. The predicted octanol–water partition coefficient (Wildman–Crippen LogP) is 0.824. The molecule has 6 nitrogen and oxygen atoms in total. The number of benzene rings is 1. The number of carbonyl (C=O) groups is 1. The van der Waals surface area contributed by atoms with Crippen LogP contribution in [0.25, 0.3) is 0 Å². The Morgan fingerprint density at radius 3 is 1.89 bits per heavy atom. The van der Waals surface area contributed by atoms with Crippen molar-refractivity contribution in [3.8, 4) is 5.75 Å². The Morgan fingerprint density at radius 1 is 0.926 bits per heavy atom. The van der Waals surface area contributed by atoms with Crippen molar-refractivity contribution in [3.05, 3.63) is 36.9 Å².